The molecule has 72 valence electrons. The average molecular weight is 173 g/mol. The third-order valence-corrected chi connectivity index (χ3v) is 2.08. The molecule has 0 rings (SSSR count). The van der Waals surface area contributed by atoms with Gasteiger partial charge in [-0.25, -0.2) is 0 Å². The monoisotopic (exact) mass is 173 g/mol. The third kappa shape index (κ3) is 3.83. The quantitative estimate of drug-likeness (QED) is 0.647. The van der Waals surface area contributed by atoms with Gasteiger partial charge < -0.3 is 10.5 Å². The van der Waals surface area contributed by atoms with E-state index in [2.05, 4.69) is 0 Å². The molecule has 2 N–H and O–H groups in total. The fraction of sp³-hybridized carbons (Fsp3) is 0.889. The van der Waals surface area contributed by atoms with Crippen molar-refractivity contribution in [3.8, 4) is 0 Å². The normalized spacial score (nSPS) is 15.7. The van der Waals surface area contributed by atoms with Gasteiger partial charge in [-0.15, -0.1) is 0 Å². The summed E-state index contributed by atoms with van der Waals surface area (Å²) in [5.74, 6) is 0.301. The molecular weight excluding hydrogens is 154 g/mol. The maximum Gasteiger partial charge on any atom is 0.139 e. The van der Waals surface area contributed by atoms with Crippen molar-refractivity contribution in [3.63, 3.8) is 0 Å². The number of methoxy groups -OCH3 is 1. The molecule has 2 unspecified atom stereocenters. The number of ketones is 1. The Labute approximate surface area is 74.3 Å². The van der Waals surface area contributed by atoms with Crippen LogP contribution in [0.15, 0.2) is 0 Å². The molecule has 0 fully saturated rings. The Hall–Kier alpha value is -0.410. The van der Waals surface area contributed by atoms with Crippen LogP contribution in [0.2, 0.25) is 0 Å². The summed E-state index contributed by atoms with van der Waals surface area (Å²) >= 11 is 0. The van der Waals surface area contributed by atoms with Crippen molar-refractivity contribution in [3.05, 3.63) is 0 Å². The van der Waals surface area contributed by atoms with Gasteiger partial charge >= 0.3 is 0 Å². The second kappa shape index (κ2) is 6.14. The number of nitrogens with two attached hydrogens (primary N) is 1. The summed E-state index contributed by atoms with van der Waals surface area (Å²) < 4.78 is 4.89. The highest BCUT2D eigenvalue weighted by molar-refractivity contribution is 5.82. The Morgan fingerprint density at radius 2 is 2.00 bits per heavy atom. The lowest BCUT2D eigenvalue weighted by molar-refractivity contribution is -0.126. The van der Waals surface area contributed by atoms with Gasteiger partial charge in [-0.1, -0.05) is 13.8 Å². The van der Waals surface area contributed by atoms with Crippen LogP contribution >= 0.6 is 0 Å². The summed E-state index contributed by atoms with van der Waals surface area (Å²) in [6.07, 6.45) is 0.791. The Morgan fingerprint density at radius 1 is 1.42 bits per heavy atom. The van der Waals surface area contributed by atoms with Crippen LogP contribution in [0.25, 0.3) is 0 Å². The van der Waals surface area contributed by atoms with Crippen LogP contribution < -0.4 is 5.73 Å². The maximum atomic E-state index is 11.4. The van der Waals surface area contributed by atoms with Crippen LogP contribution in [-0.4, -0.2) is 26.0 Å². The minimum absolute atomic E-state index is 0.0168. The van der Waals surface area contributed by atoms with Crippen molar-refractivity contribution >= 4 is 5.78 Å². The van der Waals surface area contributed by atoms with Gasteiger partial charge in [0.05, 0.1) is 0 Å². The molecule has 0 aromatic carbocycles. The molecule has 3 heteroatoms. The van der Waals surface area contributed by atoms with Gasteiger partial charge in [0, 0.05) is 32.1 Å². The number of hydrogen-bond donors (Lipinski definition) is 1. The molecule has 0 saturated heterocycles. The molecule has 0 aromatic heterocycles. The van der Waals surface area contributed by atoms with Crippen molar-refractivity contribution in [2.75, 3.05) is 20.3 Å². The van der Waals surface area contributed by atoms with Crippen molar-refractivity contribution in [1.82, 2.24) is 0 Å². The Bertz CT molecular complexity index is 136. The predicted molar refractivity (Wildman–Crippen MR) is 48.9 cm³/mol. The summed E-state index contributed by atoms with van der Waals surface area (Å²) in [5, 5.41) is 0. The Kier molecular flexibility index (Phi) is 5.93. The second-order valence-corrected chi connectivity index (χ2v) is 3.22. The SMILES string of the molecule is COCCC(C)C(=O)C(C)CN. The van der Waals surface area contributed by atoms with Crippen LogP contribution in [-0.2, 0) is 9.53 Å². The molecule has 0 heterocycles. The summed E-state index contributed by atoms with van der Waals surface area (Å²) in [6, 6.07) is 0. The third-order valence-electron chi connectivity index (χ3n) is 2.08. The molecule has 2 atom stereocenters. The summed E-state index contributed by atoms with van der Waals surface area (Å²) in [6.45, 7) is 4.87. The van der Waals surface area contributed by atoms with E-state index in [-0.39, 0.29) is 17.6 Å². The van der Waals surface area contributed by atoms with E-state index in [0.29, 0.717) is 13.2 Å². The van der Waals surface area contributed by atoms with E-state index in [1.54, 1.807) is 7.11 Å². The predicted octanol–water partition coefficient (Wildman–Crippen LogP) is 0.823. The zero-order chi connectivity index (χ0) is 9.56. The highest BCUT2D eigenvalue weighted by Gasteiger charge is 2.17. The molecule has 0 saturated carbocycles. The molecule has 0 aliphatic heterocycles. The van der Waals surface area contributed by atoms with Gasteiger partial charge in [-0.05, 0) is 6.42 Å². The van der Waals surface area contributed by atoms with Gasteiger partial charge in [0.25, 0.3) is 0 Å². The van der Waals surface area contributed by atoms with Crippen molar-refractivity contribution in [1.29, 1.82) is 0 Å². The molecular formula is C9H19NO2. The average Bonchev–Trinajstić information content (AvgIpc) is 2.11. The largest absolute Gasteiger partial charge is 0.385 e. The van der Waals surface area contributed by atoms with E-state index in [9.17, 15) is 4.79 Å². The summed E-state index contributed by atoms with van der Waals surface area (Å²) in [7, 11) is 1.64. The van der Waals surface area contributed by atoms with Crippen molar-refractivity contribution in [2.45, 2.75) is 20.3 Å². The van der Waals surface area contributed by atoms with E-state index in [4.69, 9.17) is 10.5 Å². The maximum absolute atomic E-state index is 11.4. The second-order valence-electron chi connectivity index (χ2n) is 3.22. The molecule has 0 spiro atoms. The molecule has 0 aliphatic rings. The Balaban J connectivity index is 3.75. The standard InChI is InChI=1S/C9H19NO2/c1-7(4-5-12-3)9(11)8(2)6-10/h7-8H,4-6,10H2,1-3H3. The molecule has 0 aliphatic carbocycles. The smallest absolute Gasteiger partial charge is 0.139 e. The van der Waals surface area contributed by atoms with E-state index >= 15 is 0 Å². The van der Waals surface area contributed by atoms with E-state index in [1.807, 2.05) is 13.8 Å². The fourth-order valence-electron chi connectivity index (χ4n) is 1.04. The number of ether oxygens (including phenoxy) is 1. The first-order chi connectivity index (χ1) is 5.63. The summed E-state index contributed by atoms with van der Waals surface area (Å²) in [5.41, 5.74) is 5.39. The molecule has 12 heavy (non-hydrogen) atoms. The fourth-order valence-corrected chi connectivity index (χ4v) is 1.04. The minimum Gasteiger partial charge on any atom is -0.385 e. The van der Waals surface area contributed by atoms with E-state index in [0.717, 1.165) is 6.42 Å². The molecule has 0 amide bonds. The van der Waals surface area contributed by atoms with Crippen LogP contribution in [0.1, 0.15) is 20.3 Å². The van der Waals surface area contributed by atoms with Gasteiger partial charge in [0.2, 0.25) is 0 Å². The van der Waals surface area contributed by atoms with Gasteiger partial charge in [-0.2, -0.15) is 0 Å². The topological polar surface area (TPSA) is 52.3 Å². The van der Waals surface area contributed by atoms with Crippen LogP contribution in [0.3, 0.4) is 0 Å². The molecule has 0 radical (unpaired) electrons. The van der Waals surface area contributed by atoms with Crippen LogP contribution in [0, 0.1) is 11.8 Å². The first kappa shape index (κ1) is 11.6. The lowest BCUT2D eigenvalue weighted by atomic mass is 9.93. The Morgan fingerprint density at radius 3 is 2.42 bits per heavy atom. The number of hydrogen-bond acceptors (Lipinski definition) is 3. The van der Waals surface area contributed by atoms with Crippen LogP contribution in [0.5, 0.6) is 0 Å². The van der Waals surface area contributed by atoms with Crippen molar-refractivity contribution < 1.29 is 9.53 Å². The number of carbonyl (C=O) groups excluding carboxylic acids is 1. The molecule has 0 aromatic rings. The lowest BCUT2D eigenvalue weighted by Crippen LogP contribution is -2.26. The first-order valence-electron chi connectivity index (χ1n) is 4.36. The minimum atomic E-state index is -0.0168. The molecule has 3 nitrogen and oxygen atoms in total. The van der Waals surface area contributed by atoms with E-state index in [1.165, 1.54) is 0 Å². The highest BCUT2D eigenvalue weighted by atomic mass is 16.5. The van der Waals surface area contributed by atoms with Crippen molar-refractivity contribution in [2.24, 2.45) is 17.6 Å². The number of carbonyl (C=O) groups is 1. The zero-order valence-electron chi connectivity index (χ0n) is 8.17. The number of Topliss-reactive ketones (excluding diaryl/α,β-unsaturated/α-hetero) is 1. The van der Waals surface area contributed by atoms with Crippen LogP contribution in [0.4, 0.5) is 0 Å². The van der Waals surface area contributed by atoms with Gasteiger partial charge in [0.1, 0.15) is 5.78 Å². The lowest BCUT2D eigenvalue weighted by Gasteiger charge is -2.13. The molecule has 0 bridgehead atoms. The number of rotatable bonds is 6. The highest BCUT2D eigenvalue weighted by Crippen LogP contribution is 2.09. The zero-order valence-corrected chi connectivity index (χ0v) is 8.17. The van der Waals surface area contributed by atoms with Gasteiger partial charge in [-0.3, -0.25) is 4.79 Å². The summed E-state index contributed by atoms with van der Waals surface area (Å²) in [4.78, 5) is 11.4. The first-order valence-corrected chi connectivity index (χ1v) is 4.36. The van der Waals surface area contributed by atoms with Gasteiger partial charge in [0.15, 0.2) is 0 Å². The van der Waals surface area contributed by atoms with E-state index < -0.39 is 0 Å².